The predicted octanol–water partition coefficient (Wildman–Crippen LogP) is 3.15. The summed E-state index contributed by atoms with van der Waals surface area (Å²) in [5.41, 5.74) is 6.72. The standard InChI is InChI=1S/C14H21FN2/c1-2-11-6-7-14(9-11,10-16)17-13-5-3-4-12(15)8-13/h3-5,8,11,17H,2,6-7,9-10,16H2,1H3. The van der Waals surface area contributed by atoms with Crippen molar-refractivity contribution in [1.82, 2.24) is 0 Å². The lowest BCUT2D eigenvalue weighted by molar-refractivity contribution is 0.449. The summed E-state index contributed by atoms with van der Waals surface area (Å²) in [6, 6.07) is 6.63. The van der Waals surface area contributed by atoms with Crippen LogP contribution in [0.1, 0.15) is 32.6 Å². The van der Waals surface area contributed by atoms with Crippen LogP contribution in [0.2, 0.25) is 0 Å². The van der Waals surface area contributed by atoms with Crippen molar-refractivity contribution in [1.29, 1.82) is 0 Å². The topological polar surface area (TPSA) is 38.0 Å². The summed E-state index contributed by atoms with van der Waals surface area (Å²) in [6.07, 6.45) is 4.59. The molecule has 0 saturated heterocycles. The van der Waals surface area contributed by atoms with Crippen LogP contribution in [0.25, 0.3) is 0 Å². The molecule has 3 N–H and O–H groups in total. The normalized spacial score (nSPS) is 28.3. The van der Waals surface area contributed by atoms with E-state index in [1.54, 1.807) is 6.07 Å². The van der Waals surface area contributed by atoms with Crippen molar-refractivity contribution >= 4 is 5.69 Å². The van der Waals surface area contributed by atoms with E-state index in [2.05, 4.69) is 12.2 Å². The summed E-state index contributed by atoms with van der Waals surface area (Å²) in [5, 5.41) is 3.44. The Balaban J connectivity index is 2.10. The maximum atomic E-state index is 13.1. The summed E-state index contributed by atoms with van der Waals surface area (Å²) in [6.45, 7) is 2.83. The van der Waals surface area contributed by atoms with E-state index in [0.717, 1.165) is 24.4 Å². The summed E-state index contributed by atoms with van der Waals surface area (Å²) in [5.74, 6) is 0.548. The van der Waals surface area contributed by atoms with Gasteiger partial charge in [-0.3, -0.25) is 0 Å². The molecule has 2 rings (SSSR count). The Hall–Kier alpha value is -1.09. The third-order valence-corrected chi connectivity index (χ3v) is 3.91. The average Bonchev–Trinajstić information content (AvgIpc) is 2.73. The van der Waals surface area contributed by atoms with Gasteiger partial charge in [0.25, 0.3) is 0 Å². The molecule has 1 aliphatic carbocycles. The van der Waals surface area contributed by atoms with E-state index in [1.165, 1.54) is 25.0 Å². The maximum absolute atomic E-state index is 13.1. The number of nitrogens with two attached hydrogens (primary N) is 1. The molecule has 0 amide bonds. The Labute approximate surface area is 102 Å². The number of hydrogen-bond donors (Lipinski definition) is 2. The fourth-order valence-electron chi connectivity index (χ4n) is 2.81. The number of rotatable bonds is 4. The van der Waals surface area contributed by atoms with Crippen molar-refractivity contribution in [2.75, 3.05) is 11.9 Å². The molecule has 1 aliphatic rings. The number of anilines is 1. The van der Waals surface area contributed by atoms with E-state index in [0.29, 0.717) is 6.54 Å². The first kappa shape index (κ1) is 12.4. The second kappa shape index (κ2) is 5.05. The van der Waals surface area contributed by atoms with Crippen molar-refractivity contribution < 1.29 is 4.39 Å². The third-order valence-electron chi connectivity index (χ3n) is 3.91. The minimum Gasteiger partial charge on any atom is -0.378 e. The Morgan fingerprint density at radius 2 is 2.35 bits per heavy atom. The van der Waals surface area contributed by atoms with Crippen molar-refractivity contribution in [3.63, 3.8) is 0 Å². The van der Waals surface area contributed by atoms with Crippen LogP contribution in [0.4, 0.5) is 10.1 Å². The van der Waals surface area contributed by atoms with Crippen LogP contribution in [0.15, 0.2) is 24.3 Å². The molecule has 94 valence electrons. The average molecular weight is 236 g/mol. The molecule has 0 spiro atoms. The zero-order valence-electron chi connectivity index (χ0n) is 10.4. The van der Waals surface area contributed by atoms with Crippen LogP contribution in [-0.2, 0) is 0 Å². The van der Waals surface area contributed by atoms with Crippen LogP contribution in [0, 0.1) is 11.7 Å². The van der Waals surface area contributed by atoms with Gasteiger partial charge in [0.15, 0.2) is 0 Å². The zero-order valence-corrected chi connectivity index (χ0v) is 10.4. The Kier molecular flexibility index (Phi) is 3.67. The lowest BCUT2D eigenvalue weighted by atomic mass is 9.94. The lowest BCUT2D eigenvalue weighted by Crippen LogP contribution is -2.43. The fraction of sp³-hybridized carbons (Fsp3) is 0.571. The Bertz CT molecular complexity index is 380. The minimum absolute atomic E-state index is 0.0333. The molecule has 1 aromatic carbocycles. The second-order valence-electron chi connectivity index (χ2n) is 5.14. The van der Waals surface area contributed by atoms with Gasteiger partial charge in [0, 0.05) is 17.8 Å². The monoisotopic (exact) mass is 236 g/mol. The molecule has 2 nitrogen and oxygen atoms in total. The second-order valence-corrected chi connectivity index (χ2v) is 5.14. The first-order chi connectivity index (χ1) is 8.17. The van der Waals surface area contributed by atoms with Gasteiger partial charge in [-0.15, -0.1) is 0 Å². The van der Waals surface area contributed by atoms with Gasteiger partial charge >= 0.3 is 0 Å². The van der Waals surface area contributed by atoms with Crippen LogP contribution in [-0.4, -0.2) is 12.1 Å². The number of hydrogen-bond acceptors (Lipinski definition) is 2. The van der Waals surface area contributed by atoms with E-state index in [4.69, 9.17) is 5.73 Å². The molecule has 0 radical (unpaired) electrons. The molecule has 0 bridgehead atoms. The molecule has 17 heavy (non-hydrogen) atoms. The van der Waals surface area contributed by atoms with Crippen LogP contribution in [0.5, 0.6) is 0 Å². The van der Waals surface area contributed by atoms with Gasteiger partial charge < -0.3 is 11.1 Å². The predicted molar refractivity (Wildman–Crippen MR) is 69.4 cm³/mol. The quantitative estimate of drug-likeness (QED) is 0.842. The molecule has 2 atom stereocenters. The van der Waals surface area contributed by atoms with E-state index >= 15 is 0 Å². The van der Waals surface area contributed by atoms with E-state index in [9.17, 15) is 4.39 Å². The number of benzene rings is 1. The van der Waals surface area contributed by atoms with Crippen molar-refractivity contribution in [2.24, 2.45) is 11.7 Å². The summed E-state index contributed by atoms with van der Waals surface area (Å²) in [7, 11) is 0. The Morgan fingerprint density at radius 1 is 1.53 bits per heavy atom. The molecule has 3 heteroatoms. The minimum atomic E-state index is -0.202. The van der Waals surface area contributed by atoms with Crippen molar-refractivity contribution in [2.45, 2.75) is 38.1 Å². The van der Waals surface area contributed by atoms with Gasteiger partial charge in [-0.2, -0.15) is 0 Å². The summed E-state index contributed by atoms with van der Waals surface area (Å²) < 4.78 is 13.1. The molecule has 1 aromatic rings. The molecular formula is C14H21FN2. The Morgan fingerprint density at radius 3 is 2.94 bits per heavy atom. The smallest absolute Gasteiger partial charge is 0.125 e. The van der Waals surface area contributed by atoms with Gasteiger partial charge in [0.2, 0.25) is 0 Å². The maximum Gasteiger partial charge on any atom is 0.125 e. The van der Waals surface area contributed by atoms with Crippen LogP contribution in [0.3, 0.4) is 0 Å². The van der Waals surface area contributed by atoms with Gasteiger partial charge in [-0.05, 0) is 43.4 Å². The molecule has 2 unspecified atom stereocenters. The highest BCUT2D eigenvalue weighted by Crippen LogP contribution is 2.38. The third kappa shape index (κ3) is 2.78. The van der Waals surface area contributed by atoms with E-state index in [-0.39, 0.29) is 11.4 Å². The molecule has 0 aliphatic heterocycles. The molecule has 1 fully saturated rings. The summed E-state index contributed by atoms with van der Waals surface area (Å²) in [4.78, 5) is 0. The van der Waals surface area contributed by atoms with Crippen molar-refractivity contribution in [3.05, 3.63) is 30.1 Å². The molecule has 0 heterocycles. The van der Waals surface area contributed by atoms with Crippen molar-refractivity contribution in [3.8, 4) is 0 Å². The van der Waals surface area contributed by atoms with Gasteiger partial charge in [-0.1, -0.05) is 19.4 Å². The highest BCUT2D eigenvalue weighted by molar-refractivity contribution is 5.46. The zero-order chi connectivity index (χ0) is 12.3. The first-order valence-electron chi connectivity index (χ1n) is 6.41. The van der Waals surface area contributed by atoms with Crippen LogP contribution >= 0.6 is 0 Å². The highest BCUT2D eigenvalue weighted by atomic mass is 19.1. The highest BCUT2D eigenvalue weighted by Gasteiger charge is 2.37. The molecule has 0 aromatic heterocycles. The van der Waals surface area contributed by atoms with Crippen LogP contribution < -0.4 is 11.1 Å². The SMILES string of the molecule is CCC1CCC(CN)(Nc2cccc(F)c2)C1. The van der Waals surface area contributed by atoms with Gasteiger partial charge in [0.05, 0.1) is 0 Å². The van der Waals surface area contributed by atoms with Gasteiger partial charge in [-0.25, -0.2) is 4.39 Å². The molecule has 1 saturated carbocycles. The van der Waals surface area contributed by atoms with E-state index < -0.39 is 0 Å². The summed E-state index contributed by atoms with van der Waals surface area (Å²) >= 11 is 0. The lowest BCUT2D eigenvalue weighted by Gasteiger charge is -2.30. The number of nitrogens with one attached hydrogen (secondary N) is 1. The van der Waals surface area contributed by atoms with E-state index in [1.807, 2.05) is 6.07 Å². The first-order valence-corrected chi connectivity index (χ1v) is 6.41. The fourth-order valence-corrected chi connectivity index (χ4v) is 2.81. The largest absolute Gasteiger partial charge is 0.378 e. The van der Waals surface area contributed by atoms with Gasteiger partial charge in [0.1, 0.15) is 5.82 Å². The number of halogens is 1. The molecular weight excluding hydrogens is 215 g/mol.